The molecule has 5 heteroatoms. The molecule has 1 aromatic carbocycles. The summed E-state index contributed by atoms with van der Waals surface area (Å²) in [6.45, 7) is 7.37. The van der Waals surface area contributed by atoms with E-state index in [0.717, 1.165) is 44.5 Å². The van der Waals surface area contributed by atoms with Crippen LogP contribution in [0, 0.1) is 0 Å². The largest absolute Gasteiger partial charge is 0.368 e. The Balaban J connectivity index is 1.44. The first-order valence-electron chi connectivity index (χ1n) is 10.00. The molecule has 1 atom stereocenters. The average Bonchev–Trinajstić information content (AvgIpc) is 2.74. The molecule has 4 rings (SSSR count). The van der Waals surface area contributed by atoms with Crippen LogP contribution in [0.2, 0.25) is 0 Å². The molecule has 2 aliphatic heterocycles. The highest BCUT2D eigenvalue weighted by molar-refractivity contribution is 5.49. The number of hydrogen-bond donors (Lipinski definition) is 0. The Kier molecular flexibility index (Phi) is 5.23. The summed E-state index contributed by atoms with van der Waals surface area (Å²) in [4.78, 5) is 16.8. The van der Waals surface area contributed by atoms with Gasteiger partial charge in [-0.3, -0.25) is 0 Å². The van der Waals surface area contributed by atoms with Gasteiger partial charge < -0.3 is 14.7 Å². The van der Waals surface area contributed by atoms with E-state index in [2.05, 4.69) is 63.0 Å². The molecule has 0 bridgehead atoms. The summed E-state index contributed by atoms with van der Waals surface area (Å²) in [5.74, 6) is 1.99. The lowest BCUT2D eigenvalue weighted by molar-refractivity contribution is 0.446. The normalized spacial score (nSPS) is 21.1. The molecule has 0 aliphatic carbocycles. The van der Waals surface area contributed by atoms with Gasteiger partial charge in [0, 0.05) is 50.6 Å². The third-order valence-corrected chi connectivity index (χ3v) is 5.70. The van der Waals surface area contributed by atoms with E-state index in [1.807, 2.05) is 6.20 Å². The summed E-state index contributed by atoms with van der Waals surface area (Å²) in [7, 11) is 0. The summed E-state index contributed by atoms with van der Waals surface area (Å²) in [5, 5.41) is 0. The average molecular weight is 351 g/mol. The fraction of sp³-hybridized carbons (Fsp3) is 0.524. The van der Waals surface area contributed by atoms with Crippen LogP contribution in [0.1, 0.15) is 32.6 Å². The monoisotopic (exact) mass is 351 g/mol. The molecule has 0 spiro atoms. The lowest BCUT2D eigenvalue weighted by atomic mass is 10.0. The predicted molar refractivity (Wildman–Crippen MR) is 108 cm³/mol. The van der Waals surface area contributed by atoms with Crippen molar-refractivity contribution in [1.29, 1.82) is 0 Å². The summed E-state index contributed by atoms with van der Waals surface area (Å²) in [6.07, 6.45) is 7.02. The fourth-order valence-corrected chi connectivity index (χ4v) is 4.18. The van der Waals surface area contributed by atoms with E-state index in [9.17, 15) is 0 Å². The van der Waals surface area contributed by atoms with Crippen molar-refractivity contribution >= 4 is 17.5 Å². The first-order valence-corrected chi connectivity index (χ1v) is 10.00. The van der Waals surface area contributed by atoms with E-state index in [4.69, 9.17) is 4.98 Å². The van der Waals surface area contributed by atoms with Crippen LogP contribution in [0.25, 0.3) is 0 Å². The van der Waals surface area contributed by atoms with Gasteiger partial charge in [0.2, 0.25) is 5.95 Å². The number of para-hydroxylation sites is 1. The second-order valence-corrected chi connectivity index (χ2v) is 7.28. The minimum atomic E-state index is 0.626. The number of hydrogen-bond acceptors (Lipinski definition) is 5. The molecule has 1 unspecified atom stereocenters. The third-order valence-electron chi connectivity index (χ3n) is 5.70. The molecule has 2 fully saturated rings. The zero-order valence-electron chi connectivity index (χ0n) is 15.7. The van der Waals surface area contributed by atoms with Gasteiger partial charge in [-0.1, -0.05) is 25.1 Å². The van der Waals surface area contributed by atoms with Gasteiger partial charge in [0.05, 0.1) is 0 Å². The highest BCUT2D eigenvalue weighted by atomic mass is 15.3. The van der Waals surface area contributed by atoms with Crippen LogP contribution in [0.5, 0.6) is 0 Å². The van der Waals surface area contributed by atoms with Crippen molar-refractivity contribution in [1.82, 2.24) is 9.97 Å². The molecule has 138 valence electrons. The second-order valence-electron chi connectivity index (χ2n) is 7.28. The number of anilines is 3. The molecular weight excluding hydrogens is 322 g/mol. The summed E-state index contributed by atoms with van der Waals surface area (Å²) in [6, 6.07) is 13.4. The van der Waals surface area contributed by atoms with Crippen LogP contribution >= 0.6 is 0 Å². The lowest BCUT2D eigenvalue weighted by Crippen LogP contribution is -2.47. The van der Waals surface area contributed by atoms with Crippen LogP contribution < -0.4 is 14.7 Å². The van der Waals surface area contributed by atoms with Crippen molar-refractivity contribution in [3.05, 3.63) is 42.6 Å². The maximum absolute atomic E-state index is 4.94. The first kappa shape index (κ1) is 17.1. The van der Waals surface area contributed by atoms with Gasteiger partial charge >= 0.3 is 0 Å². The fourth-order valence-electron chi connectivity index (χ4n) is 4.18. The van der Waals surface area contributed by atoms with Crippen molar-refractivity contribution in [3.63, 3.8) is 0 Å². The van der Waals surface area contributed by atoms with Gasteiger partial charge in [0.1, 0.15) is 5.82 Å². The Hall–Kier alpha value is -2.30. The number of piperazine rings is 1. The summed E-state index contributed by atoms with van der Waals surface area (Å²) < 4.78 is 0. The number of piperidine rings is 1. The van der Waals surface area contributed by atoms with E-state index in [0.29, 0.717) is 6.04 Å². The molecule has 2 aromatic rings. The minimum absolute atomic E-state index is 0.626. The molecule has 3 heterocycles. The number of nitrogens with zero attached hydrogens (tertiary/aromatic N) is 5. The molecule has 0 N–H and O–H groups in total. The highest BCUT2D eigenvalue weighted by Gasteiger charge is 2.24. The predicted octanol–water partition coefficient (Wildman–Crippen LogP) is 3.57. The second kappa shape index (κ2) is 7.94. The topological polar surface area (TPSA) is 35.5 Å². The number of rotatable bonds is 4. The van der Waals surface area contributed by atoms with Crippen LogP contribution in [-0.2, 0) is 0 Å². The maximum atomic E-state index is 4.94. The van der Waals surface area contributed by atoms with Crippen LogP contribution in [0.3, 0.4) is 0 Å². The molecule has 0 radical (unpaired) electrons. The lowest BCUT2D eigenvalue weighted by Gasteiger charge is -2.38. The molecule has 0 amide bonds. The van der Waals surface area contributed by atoms with Crippen molar-refractivity contribution in [2.75, 3.05) is 47.4 Å². The molecule has 2 saturated heterocycles. The Morgan fingerprint density at radius 3 is 2.46 bits per heavy atom. The quantitative estimate of drug-likeness (QED) is 0.841. The smallest absolute Gasteiger partial charge is 0.227 e. The van der Waals surface area contributed by atoms with Gasteiger partial charge in [-0.05, 0) is 43.9 Å². The summed E-state index contributed by atoms with van der Waals surface area (Å²) in [5.41, 5.74) is 1.31. The Bertz CT molecular complexity index is 697. The van der Waals surface area contributed by atoms with Crippen LogP contribution in [-0.4, -0.2) is 48.7 Å². The van der Waals surface area contributed by atoms with Crippen molar-refractivity contribution in [3.8, 4) is 0 Å². The third kappa shape index (κ3) is 3.62. The SMILES string of the molecule is CCC1CCCCN1c1ccnc(N2CCN(c3ccccc3)CC2)n1. The van der Waals surface area contributed by atoms with Crippen molar-refractivity contribution in [2.45, 2.75) is 38.6 Å². The molecule has 5 nitrogen and oxygen atoms in total. The van der Waals surface area contributed by atoms with Gasteiger partial charge in [0.15, 0.2) is 0 Å². The maximum Gasteiger partial charge on any atom is 0.227 e. The van der Waals surface area contributed by atoms with Gasteiger partial charge in [-0.15, -0.1) is 0 Å². The zero-order chi connectivity index (χ0) is 17.8. The number of aromatic nitrogens is 2. The van der Waals surface area contributed by atoms with Crippen molar-refractivity contribution < 1.29 is 0 Å². The summed E-state index contributed by atoms with van der Waals surface area (Å²) >= 11 is 0. The Morgan fingerprint density at radius 1 is 0.923 bits per heavy atom. The van der Waals surface area contributed by atoms with E-state index >= 15 is 0 Å². The first-order chi connectivity index (χ1) is 12.8. The van der Waals surface area contributed by atoms with Crippen molar-refractivity contribution in [2.24, 2.45) is 0 Å². The number of benzene rings is 1. The Morgan fingerprint density at radius 2 is 1.69 bits per heavy atom. The standard InChI is InChI=1S/C21H29N5/c1-2-18-8-6-7-13-26(18)20-11-12-22-21(23-20)25-16-14-24(15-17-25)19-9-4-3-5-10-19/h3-5,9-12,18H,2,6-8,13-17H2,1H3. The Labute approximate surface area is 156 Å². The highest BCUT2D eigenvalue weighted by Crippen LogP contribution is 2.26. The van der Waals surface area contributed by atoms with E-state index in [1.54, 1.807) is 0 Å². The molecule has 26 heavy (non-hydrogen) atoms. The zero-order valence-corrected chi connectivity index (χ0v) is 15.7. The molecule has 1 aromatic heterocycles. The van der Waals surface area contributed by atoms with Gasteiger partial charge in [-0.2, -0.15) is 4.98 Å². The minimum Gasteiger partial charge on any atom is -0.368 e. The van der Waals surface area contributed by atoms with Gasteiger partial charge in [-0.25, -0.2) is 4.98 Å². The van der Waals surface area contributed by atoms with E-state index in [-0.39, 0.29) is 0 Å². The van der Waals surface area contributed by atoms with E-state index < -0.39 is 0 Å². The van der Waals surface area contributed by atoms with Gasteiger partial charge in [0.25, 0.3) is 0 Å². The van der Waals surface area contributed by atoms with Crippen LogP contribution in [0.4, 0.5) is 17.5 Å². The molecular formula is C21H29N5. The van der Waals surface area contributed by atoms with E-state index in [1.165, 1.54) is 31.4 Å². The molecule has 0 saturated carbocycles. The van der Waals surface area contributed by atoms with Crippen LogP contribution in [0.15, 0.2) is 42.6 Å². The molecule has 2 aliphatic rings.